The Morgan fingerprint density at radius 1 is 1.00 bits per heavy atom. The van der Waals surface area contributed by atoms with Gasteiger partial charge in [-0.1, -0.05) is 67.6 Å². The topological polar surface area (TPSA) is 41.1 Å². The summed E-state index contributed by atoms with van der Waals surface area (Å²) in [5.74, 6) is 1.48. The Morgan fingerprint density at radius 2 is 1.54 bits per heavy atom. The third-order valence-electron chi connectivity index (χ3n) is 5.60. The Balaban J connectivity index is 1.60. The van der Waals surface area contributed by atoms with Gasteiger partial charge in [0.1, 0.15) is 0 Å². The van der Waals surface area contributed by atoms with Crippen LogP contribution in [0, 0.1) is 11.8 Å². The van der Waals surface area contributed by atoms with E-state index in [1.54, 1.807) is 0 Å². The highest BCUT2D eigenvalue weighted by Gasteiger charge is 2.22. The fourth-order valence-corrected chi connectivity index (χ4v) is 3.96. The molecule has 1 amide bonds. The number of benzene rings is 2. The first-order valence-electron chi connectivity index (χ1n) is 9.81. The van der Waals surface area contributed by atoms with E-state index in [0.29, 0.717) is 24.8 Å². The fourth-order valence-electron chi connectivity index (χ4n) is 3.96. The van der Waals surface area contributed by atoms with Crippen LogP contribution in [0.3, 0.4) is 0 Å². The number of hydrogen-bond donors (Lipinski definition) is 2. The molecule has 0 bridgehead atoms. The number of amides is 1. The van der Waals surface area contributed by atoms with Crippen LogP contribution in [0.5, 0.6) is 0 Å². The summed E-state index contributed by atoms with van der Waals surface area (Å²) in [6.45, 7) is 5.04. The first-order valence-corrected chi connectivity index (χ1v) is 9.81. The van der Waals surface area contributed by atoms with Gasteiger partial charge in [-0.25, -0.2) is 0 Å². The summed E-state index contributed by atoms with van der Waals surface area (Å²) in [5, 5.41) is 6.59. The van der Waals surface area contributed by atoms with Gasteiger partial charge in [0.25, 0.3) is 0 Å². The standard InChI is InChI=1S/C23H30N2O/c1-18(19-12-14-24-15-13-19)16-23(26)25-17-22(20-8-4-2-5-9-20)21-10-6-3-7-11-21/h2-11,18-19,22,24H,12-17H2,1H3,(H,25,26). The van der Waals surface area contributed by atoms with Crippen molar-refractivity contribution in [2.75, 3.05) is 19.6 Å². The number of hydrogen-bond acceptors (Lipinski definition) is 2. The second-order valence-electron chi connectivity index (χ2n) is 7.45. The maximum atomic E-state index is 12.5. The van der Waals surface area contributed by atoms with Gasteiger partial charge in [-0.05, 0) is 48.9 Å². The normalized spacial score (nSPS) is 16.4. The Labute approximate surface area is 157 Å². The summed E-state index contributed by atoms with van der Waals surface area (Å²) in [4.78, 5) is 12.5. The molecule has 1 aliphatic rings. The van der Waals surface area contributed by atoms with Crippen LogP contribution < -0.4 is 10.6 Å². The van der Waals surface area contributed by atoms with E-state index in [-0.39, 0.29) is 11.8 Å². The smallest absolute Gasteiger partial charge is 0.220 e. The minimum Gasteiger partial charge on any atom is -0.355 e. The van der Waals surface area contributed by atoms with Crippen LogP contribution >= 0.6 is 0 Å². The fraction of sp³-hybridized carbons (Fsp3) is 0.435. The summed E-state index contributed by atoms with van der Waals surface area (Å²) in [5.41, 5.74) is 2.48. The predicted molar refractivity (Wildman–Crippen MR) is 107 cm³/mol. The molecule has 0 aliphatic carbocycles. The molecule has 2 N–H and O–H groups in total. The highest BCUT2D eigenvalue weighted by Crippen LogP contribution is 2.25. The van der Waals surface area contributed by atoms with E-state index in [4.69, 9.17) is 0 Å². The number of carbonyl (C=O) groups is 1. The quantitative estimate of drug-likeness (QED) is 0.793. The lowest BCUT2D eigenvalue weighted by atomic mass is 9.84. The van der Waals surface area contributed by atoms with Crippen LogP contribution in [0.2, 0.25) is 0 Å². The van der Waals surface area contributed by atoms with E-state index < -0.39 is 0 Å². The van der Waals surface area contributed by atoms with Crippen molar-refractivity contribution < 1.29 is 4.79 Å². The van der Waals surface area contributed by atoms with Gasteiger partial charge < -0.3 is 10.6 Å². The maximum absolute atomic E-state index is 12.5. The molecule has 3 heteroatoms. The predicted octanol–water partition coefficient (Wildman–Crippen LogP) is 3.96. The van der Waals surface area contributed by atoms with E-state index in [0.717, 1.165) is 13.1 Å². The molecule has 0 saturated carbocycles. The highest BCUT2D eigenvalue weighted by atomic mass is 16.1. The van der Waals surface area contributed by atoms with E-state index in [1.807, 2.05) is 12.1 Å². The first-order chi connectivity index (χ1) is 12.7. The zero-order valence-corrected chi connectivity index (χ0v) is 15.7. The molecule has 0 aromatic heterocycles. The summed E-state index contributed by atoms with van der Waals surface area (Å²) in [6, 6.07) is 20.9. The largest absolute Gasteiger partial charge is 0.355 e. The molecule has 1 aliphatic heterocycles. The van der Waals surface area contributed by atoms with Crippen LogP contribution in [0.4, 0.5) is 0 Å². The number of nitrogens with one attached hydrogen (secondary N) is 2. The van der Waals surface area contributed by atoms with Gasteiger partial charge in [-0.2, -0.15) is 0 Å². The lowest BCUT2D eigenvalue weighted by molar-refractivity contribution is -0.122. The van der Waals surface area contributed by atoms with Crippen LogP contribution in [0.15, 0.2) is 60.7 Å². The molecule has 3 nitrogen and oxygen atoms in total. The monoisotopic (exact) mass is 350 g/mol. The van der Waals surface area contributed by atoms with Gasteiger partial charge in [-0.3, -0.25) is 4.79 Å². The number of piperidine rings is 1. The second kappa shape index (κ2) is 9.54. The summed E-state index contributed by atoms with van der Waals surface area (Å²) in [6.07, 6.45) is 3.00. The van der Waals surface area contributed by atoms with E-state index in [9.17, 15) is 4.79 Å². The van der Waals surface area contributed by atoms with E-state index in [1.165, 1.54) is 24.0 Å². The van der Waals surface area contributed by atoms with Crippen molar-refractivity contribution >= 4 is 5.91 Å². The Kier molecular flexibility index (Phi) is 6.84. The minimum absolute atomic E-state index is 0.174. The molecule has 0 spiro atoms. The first kappa shape index (κ1) is 18.7. The zero-order valence-electron chi connectivity index (χ0n) is 15.7. The average molecular weight is 351 g/mol. The zero-order chi connectivity index (χ0) is 18.2. The maximum Gasteiger partial charge on any atom is 0.220 e. The van der Waals surface area contributed by atoms with Crippen molar-refractivity contribution in [3.63, 3.8) is 0 Å². The molecule has 2 aromatic carbocycles. The Bertz CT molecular complexity index is 626. The third-order valence-corrected chi connectivity index (χ3v) is 5.60. The molecule has 2 aromatic rings. The summed E-state index contributed by atoms with van der Waals surface area (Å²) < 4.78 is 0. The van der Waals surface area contributed by atoms with Gasteiger partial charge in [0, 0.05) is 18.9 Å². The Hall–Kier alpha value is -2.13. The van der Waals surface area contributed by atoms with E-state index >= 15 is 0 Å². The third kappa shape index (κ3) is 5.18. The van der Waals surface area contributed by atoms with Crippen molar-refractivity contribution in [2.24, 2.45) is 11.8 Å². The molecule has 138 valence electrons. The van der Waals surface area contributed by atoms with Gasteiger partial charge in [-0.15, -0.1) is 0 Å². The van der Waals surface area contributed by atoms with Crippen LogP contribution in [-0.2, 0) is 4.79 Å². The molecule has 0 radical (unpaired) electrons. The van der Waals surface area contributed by atoms with Crippen molar-refractivity contribution in [1.82, 2.24) is 10.6 Å². The minimum atomic E-state index is 0.174. The van der Waals surface area contributed by atoms with Crippen LogP contribution in [-0.4, -0.2) is 25.5 Å². The van der Waals surface area contributed by atoms with Gasteiger partial charge in [0.2, 0.25) is 5.91 Å². The molecular formula is C23H30N2O. The van der Waals surface area contributed by atoms with Crippen molar-refractivity contribution in [1.29, 1.82) is 0 Å². The lowest BCUT2D eigenvalue weighted by Crippen LogP contribution is -2.34. The SMILES string of the molecule is CC(CC(=O)NCC(c1ccccc1)c1ccccc1)C1CCNCC1. The number of carbonyl (C=O) groups excluding carboxylic acids is 1. The molecule has 26 heavy (non-hydrogen) atoms. The van der Waals surface area contributed by atoms with Gasteiger partial charge in [0.05, 0.1) is 0 Å². The lowest BCUT2D eigenvalue weighted by Gasteiger charge is -2.28. The Morgan fingerprint density at radius 3 is 2.08 bits per heavy atom. The summed E-state index contributed by atoms with van der Waals surface area (Å²) >= 11 is 0. The molecule has 3 rings (SSSR count). The molecule has 1 unspecified atom stereocenters. The van der Waals surface area contributed by atoms with Crippen molar-refractivity contribution in [3.8, 4) is 0 Å². The molecule has 1 saturated heterocycles. The van der Waals surface area contributed by atoms with Crippen molar-refractivity contribution in [3.05, 3.63) is 71.8 Å². The number of rotatable bonds is 7. The molecule has 1 heterocycles. The molecular weight excluding hydrogens is 320 g/mol. The average Bonchev–Trinajstić information content (AvgIpc) is 2.70. The van der Waals surface area contributed by atoms with Crippen LogP contribution in [0.1, 0.15) is 43.2 Å². The van der Waals surface area contributed by atoms with E-state index in [2.05, 4.69) is 66.1 Å². The molecule has 1 atom stereocenters. The van der Waals surface area contributed by atoms with Gasteiger partial charge in [0.15, 0.2) is 0 Å². The summed E-state index contributed by atoms with van der Waals surface area (Å²) in [7, 11) is 0. The van der Waals surface area contributed by atoms with Crippen molar-refractivity contribution in [2.45, 2.75) is 32.1 Å². The van der Waals surface area contributed by atoms with Gasteiger partial charge >= 0.3 is 0 Å². The highest BCUT2D eigenvalue weighted by molar-refractivity contribution is 5.76. The molecule has 1 fully saturated rings. The second-order valence-corrected chi connectivity index (χ2v) is 7.45. The van der Waals surface area contributed by atoms with Crippen LogP contribution in [0.25, 0.3) is 0 Å².